The Morgan fingerprint density at radius 1 is 0.935 bits per heavy atom. The number of ether oxygens (including phenoxy) is 1. The second-order valence-electron chi connectivity index (χ2n) is 8.47. The highest BCUT2D eigenvalue weighted by molar-refractivity contribution is 5.88. The van der Waals surface area contributed by atoms with E-state index < -0.39 is 0 Å². The van der Waals surface area contributed by atoms with E-state index in [0.29, 0.717) is 25.0 Å². The van der Waals surface area contributed by atoms with Crippen LogP contribution in [0.1, 0.15) is 12.8 Å². The molecule has 2 saturated heterocycles. The first-order valence-electron chi connectivity index (χ1n) is 11.2. The van der Waals surface area contributed by atoms with Crippen molar-refractivity contribution in [3.8, 4) is 11.4 Å². The second kappa shape index (κ2) is 8.01. The van der Waals surface area contributed by atoms with Crippen LogP contribution in [0.2, 0.25) is 0 Å². The number of hydrogen-bond acceptors (Lipinski definition) is 9. The molecule has 31 heavy (non-hydrogen) atoms. The van der Waals surface area contributed by atoms with Crippen molar-refractivity contribution >= 4 is 22.9 Å². The highest BCUT2D eigenvalue weighted by atomic mass is 16.5. The molecule has 0 spiro atoms. The van der Waals surface area contributed by atoms with Crippen molar-refractivity contribution in [2.45, 2.75) is 19.4 Å². The van der Waals surface area contributed by atoms with Gasteiger partial charge in [-0.05, 0) is 18.8 Å². The summed E-state index contributed by atoms with van der Waals surface area (Å²) in [6.07, 6.45) is 7.64. The molecule has 0 amide bonds. The quantitative estimate of drug-likeness (QED) is 0.645. The lowest BCUT2D eigenvalue weighted by molar-refractivity contribution is 0.122. The van der Waals surface area contributed by atoms with Gasteiger partial charge in [-0.25, -0.2) is 24.9 Å². The molecule has 3 aliphatic rings. The Kier molecular flexibility index (Phi) is 4.88. The predicted octanol–water partition coefficient (Wildman–Crippen LogP) is 0.940. The van der Waals surface area contributed by atoms with E-state index in [9.17, 15) is 0 Å². The molecule has 10 nitrogen and oxygen atoms in total. The molecule has 0 atom stereocenters. The average Bonchev–Trinajstić information content (AvgIpc) is 3.60. The third-order valence-electron chi connectivity index (χ3n) is 6.22. The summed E-state index contributed by atoms with van der Waals surface area (Å²) in [4.78, 5) is 28.1. The monoisotopic (exact) mass is 421 g/mol. The van der Waals surface area contributed by atoms with Gasteiger partial charge in [0.05, 0.1) is 18.8 Å². The zero-order valence-corrected chi connectivity index (χ0v) is 17.6. The molecule has 0 radical (unpaired) electrons. The van der Waals surface area contributed by atoms with Gasteiger partial charge >= 0.3 is 0 Å². The van der Waals surface area contributed by atoms with Crippen molar-refractivity contribution < 1.29 is 4.74 Å². The number of piperazine rings is 1. The Balaban J connectivity index is 1.54. The van der Waals surface area contributed by atoms with E-state index >= 15 is 0 Å². The summed E-state index contributed by atoms with van der Waals surface area (Å²) in [5.41, 5.74) is 2.62. The largest absolute Gasteiger partial charge is 0.378 e. The standard InChI is InChI=1S/C21H27N9O/c1-2-15(1)13-30-20-17(25-21(30)29-5-3-22-4-6-29)19(28-7-9-31-10-8-28)26-18(27-20)16-11-23-14-24-12-16/h11-12,14-15,22H,1-10,13H2. The molecule has 1 saturated carbocycles. The fourth-order valence-electron chi connectivity index (χ4n) is 4.35. The van der Waals surface area contributed by atoms with Crippen LogP contribution in [0.25, 0.3) is 22.6 Å². The van der Waals surface area contributed by atoms with Gasteiger partial charge in [-0.3, -0.25) is 4.57 Å². The lowest BCUT2D eigenvalue weighted by atomic mass is 10.3. The van der Waals surface area contributed by atoms with Gasteiger partial charge in [-0.2, -0.15) is 0 Å². The van der Waals surface area contributed by atoms with Crippen molar-refractivity contribution in [1.29, 1.82) is 0 Å². The molecule has 5 heterocycles. The second-order valence-corrected chi connectivity index (χ2v) is 8.47. The smallest absolute Gasteiger partial charge is 0.208 e. The molecule has 3 aromatic rings. The molecule has 0 unspecified atom stereocenters. The number of aromatic nitrogens is 6. The molecule has 6 rings (SSSR count). The zero-order valence-electron chi connectivity index (χ0n) is 17.6. The Labute approximate surface area is 180 Å². The molecule has 0 bridgehead atoms. The number of rotatable bonds is 5. The van der Waals surface area contributed by atoms with Gasteiger partial charge in [0.2, 0.25) is 5.95 Å². The molecule has 162 valence electrons. The van der Waals surface area contributed by atoms with Gasteiger partial charge in [-0.1, -0.05) is 0 Å². The number of anilines is 2. The van der Waals surface area contributed by atoms with Crippen LogP contribution in [-0.4, -0.2) is 82.0 Å². The molecule has 3 aromatic heterocycles. The fourth-order valence-corrected chi connectivity index (χ4v) is 4.35. The first kappa shape index (κ1) is 18.9. The molecular formula is C21H27N9O. The average molecular weight is 422 g/mol. The molecule has 0 aromatic carbocycles. The molecule has 10 heteroatoms. The highest BCUT2D eigenvalue weighted by Crippen LogP contribution is 2.36. The number of imidazole rings is 1. The van der Waals surface area contributed by atoms with Gasteiger partial charge < -0.3 is 19.9 Å². The predicted molar refractivity (Wildman–Crippen MR) is 117 cm³/mol. The van der Waals surface area contributed by atoms with Gasteiger partial charge in [0.15, 0.2) is 22.8 Å². The highest BCUT2D eigenvalue weighted by Gasteiger charge is 2.30. The Morgan fingerprint density at radius 2 is 1.71 bits per heavy atom. The topological polar surface area (TPSA) is 97.1 Å². The maximum absolute atomic E-state index is 5.59. The third-order valence-corrected chi connectivity index (χ3v) is 6.22. The van der Waals surface area contributed by atoms with Crippen molar-refractivity contribution in [2.75, 3.05) is 62.3 Å². The van der Waals surface area contributed by atoms with Crippen LogP contribution in [-0.2, 0) is 11.3 Å². The van der Waals surface area contributed by atoms with E-state index in [1.807, 2.05) is 0 Å². The first-order chi connectivity index (χ1) is 15.4. The van der Waals surface area contributed by atoms with Gasteiger partial charge in [0, 0.05) is 58.2 Å². The number of fused-ring (bicyclic) bond motifs is 1. The molecule has 3 fully saturated rings. The van der Waals surface area contributed by atoms with Crippen LogP contribution in [0.5, 0.6) is 0 Å². The van der Waals surface area contributed by atoms with Gasteiger partial charge in [0.25, 0.3) is 0 Å². The zero-order chi connectivity index (χ0) is 20.6. The normalized spacial score (nSPS) is 19.9. The summed E-state index contributed by atoms with van der Waals surface area (Å²) in [5, 5.41) is 3.44. The SMILES string of the molecule is c1ncc(-c2nc(N3CCOCC3)c3nc(N4CCNCC4)n(CC4CC4)c3n2)cn1. The summed E-state index contributed by atoms with van der Waals surface area (Å²) >= 11 is 0. The van der Waals surface area contributed by atoms with Gasteiger partial charge in [0.1, 0.15) is 6.33 Å². The molecule has 1 aliphatic carbocycles. The van der Waals surface area contributed by atoms with E-state index in [2.05, 4.69) is 29.7 Å². The maximum atomic E-state index is 5.59. The third kappa shape index (κ3) is 3.70. The number of nitrogens with zero attached hydrogens (tertiary/aromatic N) is 8. The van der Waals surface area contributed by atoms with Crippen LogP contribution in [0.3, 0.4) is 0 Å². The van der Waals surface area contributed by atoms with Crippen LogP contribution < -0.4 is 15.1 Å². The van der Waals surface area contributed by atoms with E-state index in [1.54, 1.807) is 12.4 Å². The van der Waals surface area contributed by atoms with Crippen molar-refractivity contribution in [3.05, 3.63) is 18.7 Å². The van der Waals surface area contributed by atoms with Crippen LogP contribution in [0.4, 0.5) is 11.8 Å². The summed E-state index contributed by atoms with van der Waals surface area (Å²) < 4.78 is 7.92. The summed E-state index contributed by atoms with van der Waals surface area (Å²) in [6.45, 7) is 7.81. The minimum absolute atomic E-state index is 0.651. The maximum Gasteiger partial charge on any atom is 0.208 e. The van der Waals surface area contributed by atoms with Crippen LogP contribution in [0.15, 0.2) is 18.7 Å². The molecular weight excluding hydrogens is 394 g/mol. The Hall–Kier alpha value is -2.85. The molecule has 2 aliphatic heterocycles. The van der Waals surface area contributed by atoms with E-state index in [0.717, 1.165) is 74.3 Å². The fraction of sp³-hybridized carbons (Fsp3) is 0.571. The van der Waals surface area contributed by atoms with Crippen LogP contribution in [0, 0.1) is 5.92 Å². The number of morpholine rings is 1. The van der Waals surface area contributed by atoms with Crippen molar-refractivity contribution in [2.24, 2.45) is 5.92 Å². The van der Waals surface area contributed by atoms with E-state index in [4.69, 9.17) is 19.7 Å². The summed E-state index contributed by atoms with van der Waals surface area (Å²) in [7, 11) is 0. The van der Waals surface area contributed by atoms with Gasteiger partial charge in [-0.15, -0.1) is 0 Å². The Bertz CT molecular complexity index is 1050. The van der Waals surface area contributed by atoms with Crippen molar-refractivity contribution in [1.82, 2.24) is 34.8 Å². The first-order valence-corrected chi connectivity index (χ1v) is 11.2. The van der Waals surface area contributed by atoms with Crippen LogP contribution >= 0.6 is 0 Å². The summed E-state index contributed by atoms with van der Waals surface area (Å²) in [5.74, 6) is 3.27. The minimum atomic E-state index is 0.651. The number of hydrogen-bond donors (Lipinski definition) is 1. The lowest BCUT2D eigenvalue weighted by Gasteiger charge is -2.28. The summed E-state index contributed by atoms with van der Waals surface area (Å²) in [6, 6.07) is 0. The lowest BCUT2D eigenvalue weighted by Crippen LogP contribution is -2.44. The Morgan fingerprint density at radius 3 is 2.45 bits per heavy atom. The molecule has 1 N–H and O–H groups in total. The van der Waals surface area contributed by atoms with E-state index in [-0.39, 0.29) is 0 Å². The van der Waals surface area contributed by atoms with E-state index in [1.165, 1.54) is 19.2 Å². The minimum Gasteiger partial charge on any atom is -0.378 e. The number of nitrogens with one attached hydrogen (secondary N) is 1. The van der Waals surface area contributed by atoms with Crippen molar-refractivity contribution in [3.63, 3.8) is 0 Å².